The summed E-state index contributed by atoms with van der Waals surface area (Å²) < 4.78 is 32.4. The zero-order valence-electron chi connectivity index (χ0n) is 33.0. The van der Waals surface area contributed by atoms with E-state index in [1.54, 1.807) is 24.1 Å². The fourth-order valence-electron chi connectivity index (χ4n) is 4.70. The maximum atomic E-state index is 13.4. The second kappa shape index (κ2) is 26.8. The largest absolute Gasteiger partial charge is 0.447 e. The third-order valence-corrected chi connectivity index (χ3v) is 7.70. The van der Waals surface area contributed by atoms with Crippen LogP contribution in [0.4, 0.5) is 8.78 Å². The lowest BCUT2D eigenvalue weighted by Gasteiger charge is -2.28. The van der Waals surface area contributed by atoms with Gasteiger partial charge in [0.1, 0.15) is 12.0 Å². The molecule has 0 bridgehead atoms. The zero-order chi connectivity index (χ0) is 38.8. The second-order valence-corrected chi connectivity index (χ2v) is 12.4. The Bertz CT molecular complexity index is 1370. The average Bonchev–Trinajstić information content (AvgIpc) is 3.11. The highest BCUT2D eigenvalue weighted by Crippen LogP contribution is 2.27. The first-order valence-electron chi connectivity index (χ1n) is 18.3. The molecule has 1 aliphatic carbocycles. The summed E-state index contributed by atoms with van der Waals surface area (Å²) in [5, 5.41) is 3.13. The molecule has 0 aromatic heterocycles. The number of hydrogen-bond acceptors (Lipinski definition) is 6. The van der Waals surface area contributed by atoms with Crippen molar-refractivity contribution in [1.82, 2.24) is 10.2 Å². The topological polar surface area (TPSA) is 83.4 Å². The molecule has 1 saturated carbocycles. The zero-order valence-corrected chi connectivity index (χ0v) is 33.0. The number of benzene rings is 2. The third-order valence-electron chi connectivity index (χ3n) is 7.70. The summed E-state index contributed by atoms with van der Waals surface area (Å²) in [4.78, 5) is 34.1. The Labute approximate surface area is 307 Å². The molecule has 1 fully saturated rings. The lowest BCUT2D eigenvalue weighted by atomic mass is 9.88. The van der Waals surface area contributed by atoms with Crippen LogP contribution in [-0.4, -0.2) is 61.9 Å². The number of halogens is 2. The van der Waals surface area contributed by atoms with Gasteiger partial charge in [-0.3, -0.25) is 19.6 Å². The van der Waals surface area contributed by atoms with Gasteiger partial charge in [-0.15, -0.1) is 0 Å². The molecule has 2 aromatic carbocycles. The molecular formula is C42H64F2N4O3. The van der Waals surface area contributed by atoms with Crippen molar-refractivity contribution in [2.24, 2.45) is 15.9 Å². The molecule has 1 amide bonds. The lowest BCUT2D eigenvalue weighted by Crippen LogP contribution is -2.39. The van der Waals surface area contributed by atoms with Gasteiger partial charge in [0, 0.05) is 63.2 Å². The van der Waals surface area contributed by atoms with E-state index >= 15 is 0 Å². The molecule has 1 heterocycles. The second-order valence-electron chi connectivity index (χ2n) is 12.4. The Morgan fingerprint density at radius 3 is 2.08 bits per heavy atom. The number of carbonyl (C=O) groups excluding carboxylic acids is 2. The van der Waals surface area contributed by atoms with Crippen LogP contribution in [0.3, 0.4) is 0 Å². The van der Waals surface area contributed by atoms with Gasteiger partial charge in [-0.2, -0.15) is 0 Å². The van der Waals surface area contributed by atoms with Crippen LogP contribution in [0.25, 0.3) is 0 Å². The van der Waals surface area contributed by atoms with E-state index in [1.165, 1.54) is 37.0 Å². The Morgan fingerprint density at radius 1 is 1.06 bits per heavy atom. The number of ether oxygens (including phenoxy) is 1. The van der Waals surface area contributed by atoms with Gasteiger partial charge in [-0.05, 0) is 32.3 Å². The van der Waals surface area contributed by atoms with Gasteiger partial charge in [-0.25, -0.2) is 8.78 Å². The maximum absolute atomic E-state index is 13.4. The quantitative estimate of drug-likeness (QED) is 0.0828. The number of hydrogen-bond donors (Lipinski definition) is 1. The van der Waals surface area contributed by atoms with Crippen molar-refractivity contribution in [3.8, 4) is 0 Å². The average molecular weight is 711 g/mol. The summed E-state index contributed by atoms with van der Waals surface area (Å²) in [6, 6.07) is 16.3. The molecule has 2 aromatic rings. The van der Waals surface area contributed by atoms with Gasteiger partial charge < -0.3 is 15.0 Å². The van der Waals surface area contributed by atoms with Crippen molar-refractivity contribution in [2.45, 2.75) is 107 Å². The van der Waals surface area contributed by atoms with Crippen LogP contribution < -0.4 is 5.32 Å². The van der Waals surface area contributed by atoms with Gasteiger partial charge in [0.2, 0.25) is 11.8 Å². The number of nitrogens with one attached hydrogen (secondary N) is 1. The van der Waals surface area contributed by atoms with E-state index in [0.29, 0.717) is 49.7 Å². The van der Waals surface area contributed by atoms with E-state index in [9.17, 15) is 18.4 Å². The van der Waals surface area contributed by atoms with Crippen molar-refractivity contribution >= 4 is 23.8 Å². The monoisotopic (exact) mass is 710 g/mol. The first-order valence-corrected chi connectivity index (χ1v) is 18.3. The molecule has 0 unspecified atom stereocenters. The van der Waals surface area contributed by atoms with Crippen LogP contribution in [0.5, 0.6) is 0 Å². The first kappa shape index (κ1) is 47.0. The van der Waals surface area contributed by atoms with Crippen molar-refractivity contribution in [2.75, 3.05) is 33.2 Å². The molecular weight excluding hydrogens is 646 g/mol. The summed E-state index contributed by atoms with van der Waals surface area (Å²) in [5.74, 6) is -1.03. The van der Waals surface area contributed by atoms with Gasteiger partial charge in [0.15, 0.2) is 0 Å². The van der Waals surface area contributed by atoms with Crippen molar-refractivity contribution < 1.29 is 23.1 Å². The predicted molar refractivity (Wildman–Crippen MR) is 211 cm³/mol. The molecule has 2 aliphatic rings. The highest BCUT2D eigenvalue weighted by Gasteiger charge is 2.24. The van der Waals surface area contributed by atoms with Crippen LogP contribution in [-0.2, 0) is 26.7 Å². The number of aryl methyl sites for hydroxylation is 1. The van der Waals surface area contributed by atoms with Crippen LogP contribution in [0.15, 0.2) is 88.2 Å². The number of nitrogens with zero attached hydrogens (tertiary/aromatic N) is 3. The van der Waals surface area contributed by atoms with E-state index in [4.69, 9.17) is 4.74 Å². The third kappa shape index (κ3) is 20.5. The summed E-state index contributed by atoms with van der Waals surface area (Å²) in [7, 11) is 1.59. The number of aldehydes is 1. The summed E-state index contributed by atoms with van der Waals surface area (Å²) in [6.45, 7) is 22.4. The number of alkyl halides is 2. The van der Waals surface area contributed by atoms with Gasteiger partial charge in [0.25, 0.3) is 5.92 Å². The molecule has 0 atom stereocenters. The van der Waals surface area contributed by atoms with Crippen LogP contribution >= 0.6 is 0 Å². The molecule has 1 aliphatic heterocycles. The van der Waals surface area contributed by atoms with Crippen LogP contribution in [0.2, 0.25) is 0 Å². The predicted octanol–water partition coefficient (Wildman–Crippen LogP) is 9.90. The molecule has 9 heteroatoms. The van der Waals surface area contributed by atoms with Crippen LogP contribution in [0, 0.1) is 12.8 Å². The Kier molecular flexibility index (Phi) is 24.7. The molecule has 0 saturated heterocycles. The molecule has 0 spiro atoms. The van der Waals surface area contributed by atoms with E-state index in [2.05, 4.69) is 47.9 Å². The summed E-state index contributed by atoms with van der Waals surface area (Å²) in [6.07, 6.45) is 6.43. The molecule has 51 heavy (non-hydrogen) atoms. The number of carbonyl (C=O) groups is 2. The minimum absolute atomic E-state index is 0.0460. The standard InChI is InChI=1S/C26H34F2N4O3.C7H8.C5H10.2C2H6/c1-18(2)31-23-11-13-32(16-21(23)17-33)25(34)10-12-30-15-24(29-5)35-19(3)14-20-6-8-22(9-7-20)26(4,27)28;1-7-5-3-2-4-6-7;1-5-3-2-4-5;2*1-2/h6-9,17,30H,3,10-16H2,1-2,4-5H3;2-6H,1H3;5H,2-4H2,1H3;2*1-2H3. The minimum atomic E-state index is -2.88. The van der Waals surface area contributed by atoms with Crippen molar-refractivity contribution in [1.29, 1.82) is 0 Å². The lowest BCUT2D eigenvalue weighted by molar-refractivity contribution is -0.131. The van der Waals surface area contributed by atoms with Gasteiger partial charge in [0.05, 0.1) is 18.8 Å². The molecule has 0 radical (unpaired) electrons. The smallest absolute Gasteiger partial charge is 0.270 e. The highest BCUT2D eigenvalue weighted by molar-refractivity contribution is 5.84. The molecule has 284 valence electrons. The minimum Gasteiger partial charge on any atom is -0.447 e. The summed E-state index contributed by atoms with van der Waals surface area (Å²) in [5.41, 5.74) is 4.25. The SMILES string of the molecule is C=C(Cc1ccc(C(C)(F)F)cc1)OC(CNCCC(=O)N1CCC(N=C(C)C)=C(C=O)C1)=NC.CC.CC.CC1CCC1.Cc1ccccc1. The Hall–Kier alpha value is -3.98. The number of aliphatic imine (C=N–C) groups is 2. The maximum Gasteiger partial charge on any atom is 0.270 e. The Morgan fingerprint density at radius 2 is 1.65 bits per heavy atom. The van der Waals surface area contributed by atoms with E-state index < -0.39 is 5.92 Å². The number of rotatable bonds is 11. The van der Waals surface area contributed by atoms with Gasteiger partial charge >= 0.3 is 0 Å². The first-order chi connectivity index (χ1) is 24.3. The summed E-state index contributed by atoms with van der Waals surface area (Å²) >= 11 is 0. The van der Waals surface area contributed by atoms with Crippen LogP contribution in [0.1, 0.15) is 104 Å². The van der Waals surface area contributed by atoms with Crippen molar-refractivity contribution in [3.05, 3.63) is 94.9 Å². The van der Waals surface area contributed by atoms with Crippen molar-refractivity contribution in [3.63, 3.8) is 0 Å². The Balaban J connectivity index is 0.00000128. The van der Waals surface area contributed by atoms with E-state index in [1.807, 2.05) is 59.7 Å². The molecule has 7 nitrogen and oxygen atoms in total. The van der Waals surface area contributed by atoms with E-state index in [-0.39, 0.29) is 24.4 Å². The molecule has 4 rings (SSSR count). The van der Waals surface area contributed by atoms with Gasteiger partial charge in [-0.1, -0.05) is 121 Å². The fraction of sp³-hybridized carbons (Fsp3) is 0.524. The number of allylic oxidation sites excluding steroid dienone is 1. The number of amides is 1. The molecule has 1 N–H and O–H groups in total. The van der Waals surface area contributed by atoms with E-state index in [0.717, 1.165) is 36.1 Å². The highest BCUT2D eigenvalue weighted by atomic mass is 19.3. The normalized spacial score (nSPS) is 14.0. The fourth-order valence-corrected chi connectivity index (χ4v) is 4.70.